The molecule has 108 valence electrons. The Bertz CT molecular complexity index is 614. The van der Waals surface area contributed by atoms with Crippen molar-refractivity contribution in [1.29, 1.82) is 0 Å². The van der Waals surface area contributed by atoms with Crippen LogP contribution in [-0.4, -0.2) is 21.1 Å². The molecular formula is C15H19NO3S. The zero-order chi connectivity index (χ0) is 14.6. The van der Waals surface area contributed by atoms with Crippen molar-refractivity contribution in [3.63, 3.8) is 0 Å². The summed E-state index contributed by atoms with van der Waals surface area (Å²) in [5, 5.41) is 0. The quantitative estimate of drug-likeness (QED) is 0.908. The minimum atomic E-state index is -3.52. The molecule has 0 bridgehead atoms. The first-order valence-corrected chi connectivity index (χ1v) is 8.02. The van der Waals surface area contributed by atoms with Gasteiger partial charge in [0.1, 0.15) is 0 Å². The Morgan fingerprint density at radius 3 is 2.50 bits per heavy atom. The van der Waals surface area contributed by atoms with Gasteiger partial charge in [-0.2, -0.15) is 0 Å². The fraction of sp³-hybridized carbons (Fsp3) is 0.333. The molecule has 0 saturated heterocycles. The summed E-state index contributed by atoms with van der Waals surface area (Å²) in [5.41, 5.74) is 0.261. The first-order chi connectivity index (χ1) is 9.51. The van der Waals surface area contributed by atoms with Gasteiger partial charge in [-0.25, -0.2) is 8.42 Å². The fourth-order valence-electron chi connectivity index (χ4n) is 2.11. The minimum Gasteiger partial charge on any atom is -0.374 e. The summed E-state index contributed by atoms with van der Waals surface area (Å²) in [5.74, 6) is 0. The highest BCUT2D eigenvalue weighted by Crippen LogP contribution is 2.27. The van der Waals surface area contributed by atoms with Crippen LogP contribution in [0.15, 0.2) is 59.2 Å². The molecule has 1 aromatic rings. The van der Waals surface area contributed by atoms with Crippen LogP contribution in [-0.2, 0) is 14.8 Å². The van der Waals surface area contributed by atoms with Crippen molar-refractivity contribution in [2.24, 2.45) is 0 Å². The van der Waals surface area contributed by atoms with Gasteiger partial charge in [0.15, 0.2) is 0 Å². The van der Waals surface area contributed by atoms with Crippen molar-refractivity contribution in [2.45, 2.75) is 30.3 Å². The molecule has 1 N–H and O–H groups in total. The second kappa shape index (κ2) is 5.81. The topological polar surface area (TPSA) is 55.4 Å². The molecule has 0 heterocycles. The lowest BCUT2D eigenvalue weighted by molar-refractivity contribution is 0.0303. The molecule has 0 spiro atoms. The Kier molecular flexibility index (Phi) is 4.30. The molecule has 0 radical (unpaired) electrons. The van der Waals surface area contributed by atoms with E-state index in [1.807, 2.05) is 19.1 Å². The molecule has 0 fully saturated rings. The van der Waals surface area contributed by atoms with Gasteiger partial charge in [0.05, 0.1) is 10.5 Å². The third-order valence-corrected chi connectivity index (χ3v) is 4.94. The van der Waals surface area contributed by atoms with Crippen molar-refractivity contribution >= 4 is 10.0 Å². The lowest BCUT2D eigenvalue weighted by Gasteiger charge is -2.29. The molecule has 1 atom stereocenters. The number of hydrogen-bond donors (Lipinski definition) is 1. The Hall–Kier alpha value is -1.59. The molecule has 5 heteroatoms. The number of rotatable bonds is 5. The normalized spacial score (nSPS) is 22.4. The number of nitrogens with one attached hydrogen (secondary N) is 1. The number of ether oxygens (including phenoxy) is 1. The maximum Gasteiger partial charge on any atom is 0.261 e. The van der Waals surface area contributed by atoms with Crippen molar-refractivity contribution in [3.8, 4) is 0 Å². The van der Waals surface area contributed by atoms with E-state index in [1.165, 1.54) is 0 Å². The number of allylic oxidation sites excluding steroid dienone is 1. The molecule has 1 unspecified atom stereocenters. The van der Waals surface area contributed by atoms with Crippen molar-refractivity contribution in [2.75, 3.05) is 7.11 Å². The zero-order valence-electron chi connectivity index (χ0n) is 11.7. The molecule has 0 saturated carbocycles. The minimum absolute atomic E-state index is 0.258. The van der Waals surface area contributed by atoms with Crippen molar-refractivity contribution < 1.29 is 13.2 Å². The van der Waals surface area contributed by atoms with Gasteiger partial charge >= 0.3 is 0 Å². The zero-order valence-corrected chi connectivity index (χ0v) is 12.5. The van der Waals surface area contributed by atoms with Crippen LogP contribution in [0.25, 0.3) is 0 Å². The second-order valence-corrected chi connectivity index (χ2v) is 6.42. The predicted molar refractivity (Wildman–Crippen MR) is 78.6 cm³/mol. The molecule has 0 aromatic heterocycles. The number of sulfonamides is 1. The number of benzene rings is 1. The Labute approximate surface area is 120 Å². The smallest absolute Gasteiger partial charge is 0.261 e. The highest BCUT2D eigenvalue weighted by atomic mass is 32.2. The summed E-state index contributed by atoms with van der Waals surface area (Å²) in [6, 6.07) is 8.33. The average Bonchev–Trinajstić information content (AvgIpc) is 2.49. The first-order valence-electron chi connectivity index (χ1n) is 6.54. The third-order valence-electron chi connectivity index (χ3n) is 3.54. The summed E-state index contributed by atoms with van der Waals surface area (Å²) < 4.78 is 32.4. The van der Waals surface area contributed by atoms with Gasteiger partial charge in [0.25, 0.3) is 10.0 Å². The molecule has 0 aliphatic heterocycles. The Morgan fingerprint density at radius 2 is 2.00 bits per heavy atom. The maximum atomic E-state index is 12.2. The van der Waals surface area contributed by atoms with Crippen LogP contribution < -0.4 is 4.72 Å². The summed E-state index contributed by atoms with van der Waals surface area (Å²) in [7, 11) is -1.85. The predicted octanol–water partition coefficient (Wildman–Crippen LogP) is 2.60. The second-order valence-electron chi connectivity index (χ2n) is 4.74. The van der Waals surface area contributed by atoms with E-state index in [0.717, 1.165) is 6.42 Å². The molecule has 1 aliphatic carbocycles. The van der Waals surface area contributed by atoms with Crippen LogP contribution in [0.3, 0.4) is 0 Å². The Morgan fingerprint density at radius 1 is 1.30 bits per heavy atom. The van der Waals surface area contributed by atoms with Crippen LogP contribution in [0, 0.1) is 0 Å². The Balaban J connectivity index is 2.14. The van der Waals surface area contributed by atoms with E-state index in [1.54, 1.807) is 43.5 Å². The highest BCUT2D eigenvalue weighted by molar-refractivity contribution is 7.89. The highest BCUT2D eigenvalue weighted by Gasteiger charge is 2.26. The molecule has 20 heavy (non-hydrogen) atoms. The van der Waals surface area contributed by atoms with Gasteiger partial charge in [-0.1, -0.05) is 37.3 Å². The van der Waals surface area contributed by atoms with Gasteiger partial charge in [-0.05, 0) is 24.6 Å². The largest absolute Gasteiger partial charge is 0.374 e. The standard InChI is InChI=1S/C15H19NO3S/c1-3-15(19-2)11-9-13(10-12-15)16-20(17,18)14-7-5-4-6-8-14/h4-11,16H,3,12H2,1-2H3. The SMILES string of the molecule is CCC1(OC)C=CC(NS(=O)(=O)c2ccccc2)=CC1. The summed E-state index contributed by atoms with van der Waals surface area (Å²) in [4.78, 5) is 0.258. The van der Waals surface area contributed by atoms with Crippen LogP contribution in [0.2, 0.25) is 0 Å². The van der Waals surface area contributed by atoms with Crippen LogP contribution >= 0.6 is 0 Å². The van der Waals surface area contributed by atoms with Crippen LogP contribution in [0.5, 0.6) is 0 Å². The molecular weight excluding hydrogens is 274 g/mol. The van der Waals surface area contributed by atoms with Gasteiger partial charge < -0.3 is 4.74 Å². The molecule has 1 aromatic carbocycles. The van der Waals surface area contributed by atoms with E-state index >= 15 is 0 Å². The average molecular weight is 293 g/mol. The monoisotopic (exact) mass is 293 g/mol. The summed E-state index contributed by atoms with van der Waals surface area (Å²) in [6.07, 6.45) is 7.03. The van der Waals surface area contributed by atoms with E-state index in [9.17, 15) is 8.42 Å². The molecule has 2 rings (SSSR count). The van der Waals surface area contributed by atoms with Crippen molar-refractivity contribution in [3.05, 3.63) is 54.3 Å². The maximum absolute atomic E-state index is 12.2. The van der Waals surface area contributed by atoms with Crippen LogP contribution in [0.1, 0.15) is 19.8 Å². The molecule has 1 aliphatic rings. The fourth-order valence-corrected chi connectivity index (χ4v) is 3.20. The van der Waals surface area contributed by atoms with E-state index in [4.69, 9.17) is 4.74 Å². The van der Waals surface area contributed by atoms with Crippen LogP contribution in [0.4, 0.5) is 0 Å². The third kappa shape index (κ3) is 3.11. The van der Waals surface area contributed by atoms with E-state index < -0.39 is 10.0 Å². The van der Waals surface area contributed by atoms with E-state index in [-0.39, 0.29) is 10.5 Å². The van der Waals surface area contributed by atoms with E-state index in [0.29, 0.717) is 12.1 Å². The van der Waals surface area contributed by atoms with E-state index in [2.05, 4.69) is 4.72 Å². The van der Waals surface area contributed by atoms with Gasteiger partial charge in [0, 0.05) is 19.2 Å². The number of hydrogen-bond acceptors (Lipinski definition) is 3. The summed E-state index contributed by atoms with van der Waals surface area (Å²) >= 11 is 0. The van der Waals surface area contributed by atoms with Gasteiger partial charge in [-0.3, -0.25) is 4.72 Å². The first kappa shape index (κ1) is 14.8. The molecule has 0 amide bonds. The molecule has 4 nitrogen and oxygen atoms in total. The summed E-state index contributed by atoms with van der Waals surface area (Å²) in [6.45, 7) is 2.04. The van der Waals surface area contributed by atoms with Crippen molar-refractivity contribution in [1.82, 2.24) is 4.72 Å². The lowest BCUT2D eigenvalue weighted by atomic mass is 9.91. The van der Waals surface area contributed by atoms with Gasteiger partial charge in [-0.15, -0.1) is 0 Å². The lowest BCUT2D eigenvalue weighted by Crippen LogP contribution is -2.31. The van der Waals surface area contributed by atoms with Gasteiger partial charge in [0.2, 0.25) is 0 Å². The number of methoxy groups -OCH3 is 1.